The van der Waals surface area contributed by atoms with E-state index in [1.54, 1.807) is 23.7 Å². The van der Waals surface area contributed by atoms with E-state index < -0.39 is 0 Å². The van der Waals surface area contributed by atoms with Crippen molar-refractivity contribution in [3.05, 3.63) is 72.0 Å². The molecule has 4 rings (SSSR count). The number of rotatable bonds is 6. The van der Waals surface area contributed by atoms with E-state index in [2.05, 4.69) is 20.3 Å². The number of hydrogen-bond donors (Lipinski definition) is 2. The molecule has 0 aliphatic rings. The van der Waals surface area contributed by atoms with Crippen LogP contribution in [-0.2, 0) is 4.79 Å². The Morgan fingerprint density at radius 1 is 1.14 bits per heavy atom. The molecule has 2 heterocycles. The maximum absolute atomic E-state index is 13.6. The second-order valence-electron chi connectivity index (χ2n) is 5.82. The van der Waals surface area contributed by atoms with E-state index in [9.17, 15) is 9.18 Å². The standard InChI is InChI=1S/C20H15FN4OS2/c21-15-8-4-7-14(11-15)18-24-17(13-5-2-1-3-6-13)19(25-18)28-12-16(26)23-20-22-9-10-27-20/h1-11H,12H2,(H,24,25)(H,22,23,26). The highest BCUT2D eigenvalue weighted by Gasteiger charge is 2.16. The molecule has 4 aromatic rings. The second kappa shape index (κ2) is 8.37. The van der Waals surface area contributed by atoms with Gasteiger partial charge in [0, 0.05) is 22.7 Å². The summed E-state index contributed by atoms with van der Waals surface area (Å²) in [7, 11) is 0. The van der Waals surface area contributed by atoms with Crippen LogP contribution in [0.3, 0.4) is 0 Å². The van der Waals surface area contributed by atoms with Crippen LogP contribution < -0.4 is 5.32 Å². The number of thioether (sulfide) groups is 1. The summed E-state index contributed by atoms with van der Waals surface area (Å²) in [5.74, 6) is 0.259. The number of benzene rings is 2. The van der Waals surface area contributed by atoms with E-state index in [0.717, 1.165) is 11.3 Å². The number of halogens is 1. The van der Waals surface area contributed by atoms with Crippen molar-refractivity contribution in [1.29, 1.82) is 0 Å². The van der Waals surface area contributed by atoms with E-state index in [1.165, 1.54) is 35.2 Å². The summed E-state index contributed by atoms with van der Waals surface area (Å²) in [4.78, 5) is 24.1. The van der Waals surface area contributed by atoms with Gasteiger partial charge in [0.05, 0.1) is 11.4 Å². The number of anilines is 1. The summed E-state index contributed by atoms with van der Waals surface area (Å²) in [6.45, 7) is 0. The van der Waals surface area contributed by atoms with Gasteiger partial charge < -0.3 is 10.3 Å². The van der Waals surface area contributed by atoms with Crippen LogP contribution in [0.25, 0.3) is 22.6 Å². The third kappa shape index (κ3) is 4.29. The topological polar surface area (TPSA) is 70.7 Å². The van der Waals surface area contributed by atoms with Gasteiger partial charge in [0.15, 0.2) is 5.13 Å². The van der Waals surface area contributed by atoms with Gasteiger partial charge in [-0.3, -0.25) is 4.79 Å². The predicted octanol–water partition coefficient (Wildman–Crippen LogP) is 5.07. The number of thiazole rings is 1. The van der Waals surface area contributed by atoms with Crippen LogP contribution in [0.2, 0.25) is 0 Å². The summed E-state index contributed by atoms with van der Waals surface area (Å²) in [6.07, 6.45) is 1.64. The highest BCUT2D eigenvalue weighted by atomic mass is 32.2. The first-order valence-electron chi connectivity index (χ1n) is 8.42. The molecule has 0 fully saturated rings. The maximum Gasteiger partial charge on any atom is 0.236 e. The molecule has 0 saturated carbocycles. The molecule has 28 heavy (non-hydrogen) atoms. The number of nitrogens with one attached hydrogen (secondary N) is 2. The van der Waals surface area contributed by atoms with E-state index >= 15 is 0 Å². The van der Waals surface area contributed by atoms with Crippen LogP contribution in [0, 0.1) is 5.82 Å². The monoisotopic (exact) mass is 410 g/mol. The van der Waals surface area contributed by atoms with Crippen molar-refractivity contribution in [1.82, 2.24) is 15.0 Å². The fraction of sp³-hybridized carbons (Fsp3) is 0.0500. The molecule has 0 atom stereocenters. The minimum Gasteiger partial charge on any atom is -0.337 e. The molecular formula is C20H15FN4OS2. The number of amides is 1. The molecular weight excluding hydrogens is 395 g/mol. The minimum absolute atomic E-state index is 0.158. The van der Waals surface area contributed by atoms with Crippen molar-refractivity contribution < 1.29 is 9.18 Å². The van der Waals surface area contributed by atoms with Crippen molar-refractivity contribution in [2.45, 2.75) is 5.03 Å². The molecule has 0 aliphatic heterocycles. The van der Waals surface area contributed by atoms with Crippen LogP contribution in [0.1, 0.15) is 0 Å². The van der Waals surface area contributed by atoms with Gasteiger partial charge in [0.25, 0.3) is 0 Å². The number of hydrogen-bond acceptors (Lipinski definition) is 5. The molecule has 2 aromatic heterocycles. The van der Waals surface area contributed by atoms with Gasteiger partial charge in [-0.1, -0.05) is 54.2 Å². The van der Waals surface area contributed by atoms with Crippen LogP contribution in [0.5, 0.6) is 0 Å². The van der Waals surface area contributed by atoms with E-state index in [4.69, 9.17) is 0 Å². The summed E-state index contributed by atoms with van der Waals surface area (Å²) in [6, 6.07) is 16.0. The van der Waals surface area contributed by atoms with Crippen LogP contribution >= 0.6 is 23.1 Å². The lowest BCUT2D eigenvalue weighted by Gasteiger charge is -2.03. The van der Waals surface area contributed by atoms with Crippen LogP contribution in [-0.4, -0.2) is 26.6 Å². The highest BCUT2D eigenvalue weighted by Crippen LogP contribution is 2.32. The zero-order valence-electron chi connectivity index (χ0n) is 14.6. The van der Waals surface area contributed by atoms with Crippen LogP contribution in [0.15, 0.2) is 71.2 Å². The summed E-state index contributed by atoms with van der Waals surface area (Å²) in [5.41, 5.74) is 2.39. The maximum atomic E-state index is 13.6. The third-order valence-electron chi connectivity index (χ3n) is 3.85. The lowest BCUT2D eigenvalue weighted by Crippen LogP contribution is -2.13. The molecule has 0 bridgehead atoms. The molecule has 5 nitrogen and oxygen atoms in total. The van der Waals surface area contributed by atoms with Gasteiger partial charge in [0.1, 0.15) is 16.7 Å². The average Bonchev–Trinajstić information content (AvgIpc) is 3.37. The Bertz CT molecular complexity index is 1080. The summed E-state index contributed by atoms with van der Waals surface area (Å²) < 4.78 is 13.6. The molecule has 0 unspecified atom stereocenters. The number of aromatic amines is 1. The first-order valence-corrected chi connectivity index (χ1v) is 10.3. The molecule has 1 amide bonds. The van der Waals surface area contributed by atoms with Crippen molar-refractivity contribution in [3.8, 4) is 22.6 Å². The smallest absolute Gasteiger partial charge is 0.236 e. The fourth-order valence-electron chi connectivity index (χ4n) is 2.61. The number of carbonyl (C=O) groups excluding carboxylic acids is 1. The van der Waals surface area contributed by atoms with E-state index in [0.29, 0.717) is 21.5 Å². The Morgan fingerprint density at radius 2 is 1.96 bits per heavy atom. The summed E-state index contributed by atoms with van der Waals surface area (Å²) in [5, 5.41) is 5.80. The number of carbonyl (C=O) groups is 1. The van der Waals surface area contributed by atoms with Gasteiger partial charge >= 0.3 is 0 Å². The molecule has 0 radical (unpaired) electrons. The Hall–Kier alpha value is -2.97. The molecule has 0 aliphatic carbocycles. The van der Waals surface area contributed by atoms with Gasteiger partial charge in [-0.25, -0.2) is 14.4 Å². The van der Waals surface area contributed by atoms with Crippen LogP contribution in [0.4, 0.5) is 9.52 Å². The van der Waals surface area contributed by atoms with Gasteiger partial charge in [0.2, 0.25) is 5.91 Å². The Morgan fingerprint density at radius 3 is 2.71 bits per heavy atom. The first-order chi connectivity index (χ1) is 13.7. The molecule has 0 spiro atoms. The Balaban J connectivity index is 1.60. The highest BCUT2D eigenvalue weighted by molar-refractivity contribution is 8.00. The SMILES string of the molecule is O=C(CSc1nc(-c2cccc(F)c2)[nH]c1-c1ccccc1)Nc1nccs1. The lowest BCUT2D eigenvalue weighted by atomic mass is 10.2. The molecule has 2 aromatic carbocycles. The fourth-order valence-corrected chi connectivity index (χ4v) is 3.96. The van der Waals surface area contributed by atoms with E-state index in [-0.39, 0.29) is 17.5 Å². The first kappa shape index (κ1) is 18.4. The average molecular weight is 410 g/mol. The number of aromatic nitrogens is 3. The van der Waals surface area contributed by atoms with E-state index in [1.807, 2.05) is 30.3 Å². The Labute approximate surface area is 169 Å². The van der Waals surface area contributed by atoms with Gasteiger partial charge in [-0.05, 0) is 12.1 Å². The second-order valence-corrected chi connectivity index (χ2v) is 7.67. The summed E-state index contributed by atoms with van der Waals surface area (Å²) >= 11 is 2.69. The third-order valence-corrected chi connectivity index (χ3v) is 5.51. The van der Waals surface area contributed by atoms with Gasteiger partial charge in [-0.15, -0.1) is 11.3 Å². The molecule has 0 saturated heterocycles. The van der Waals surface area contributed by atoms with Crippen molar-refractivity contribution in [2.75, 3.05) is 11.1 Å². The largest absolute Gasteiger partial charge is 0.337 e. The quantitative estimate of drug-likeness (QED) is 0.436. The number of imidazole rings is 1. The molecule has 140 valence electrons. The normalized spacial score (nSPS) is 10.8. The number of H-pyrrole nitrogens is 1. The van der Waals surface area contributed by atoms with Crippen molar-refractivity contribution in [3.63, 3.8) is 0 Å². The predicted molar refractivity (Wildman–Crippen MR) is 111 cm³/mol. The van der Waals surface area contributed by atoms with Crippen molar-refractivity contribution >= 4 is 34.1 Å². The zero-order valence-corrected chi connectivity index (χ0v) is 16.2. The number of nitrogens with zero attached hydrogens (tertiary/aromatic N) is 2. The molecule has 8 heteroatoms. The van der Waals surface area contributed by atoms with Gasteiger partial charge in [-0.2, -0.15) is 0 Å². The Kier molecular flexibility index (Phi) is 5.50. The zero-order chi connectivity index (χ0) is 19.3. The minimum atomic E-state index is -0.327. The molecule has 2 N–H and O–H groups in total. The van der Waals surface area contributed by atoms with Crippen molar-refractivity contribution in [2.24, 2.45) is 0 Å². The lowest BCUT2D eigenvalue weighted by molar-refractivity contribution is -0.113.